The van der Waals surface area contributed by atoms with Gasteiger partial charge in [-0.3, -0.25) is 4.79 Å². The number of thioether (sulfide) groups is 1. The van der Waals surface area contributed by atoms with E-state index in [-0.39, 0.29) is 0 Å². The van der Waals surface area contributed by atoms with Gasteiger partial charge in [-0.1, -0.05) is 6.92 Å². The van der Waals surface area contributed by atoms with E-state index < -0.39 is 0 Å². The molecule has 1 amide bonds. The lowest BCUT2D eigenvalue weighted by Crippen LogP contribution is -2.59. The van der Waals surface area contributed by atoms with Gasteiger partial charge in [0.2, 0.25) is 5.91 Å². The Hall–Kier alpha value is -0.220. The van der Waals surface area contributed by atoms with E-state index in [1.54, 1.807) is 11.8 Å². The summed E-state index contributed by atoms with van der Waals surface area (Å²) >= 11 is 1.74. The highest BCUT2D eigenvalue weighted by Crippen LogP contribution is 2.09. The van der Waals surface area contributed by atoms with Gasteiger partial charge in [-0.25, -0.2) is 0 Å². The quantitative estimate of drug-likeness (QED) is 0.717. The zero-order valence-electron chi connectivity index (χ0n) is 9.08. The Morgan fingerprint density at radius 3 is 2.71 bits per heavy atom. The minimum atomic E-state index is 0.327. The monoisotopic (exact) mass is 216 g/mol. The average molecular weight is 216 g/mol. The number of nitrogens with one attached hydrogen (secondary N) is 1. The maximum absolute atomic E-state index is 11.8. The first-order chi connectivity index (χ1) is 6.79. The Morgan fingerprint density at radius 1 is 1.57 bits per heavy atom. The number of rotatable bonds is 6. The molecule has 0 aliphatic carbocycles. The topological polar surface area (TPSA) is 32.3 Å². The van der Waals surface area contributed by atoms with Crippen molar-refractivity contribution in [3.05, 3.63) is 0 Å². The van der Waals surface area contributed by atoms with Crippen LogP contribution in [0.15, 0.2) is 0 Å². The van der Waals surface area contributed by atoms with Gasteiger partial charge < -0.3 is 10.2 Å². The number of carbonyl (C=O) groups excluding carboxylic acids is 1. The lowest BCUT2D eigenvalue weighted by molar-refractivity contribution is -0.134. The van der Waals surface area contributed by atoms with E-state index in [9.17, 15) is 4.79 Å². The maximum Gasteiger partial charge on any atom is 0.223 e. The number of amides is 1. The Morgan fingerprint density at radius 2 is 2.29 bits per heavy atom. The second kappa shape index (κ2) is 6.30. The fourth-order valence-corrected chi connectivity index (χ4v) is 1.96. The van der Waals surface area contributed by atoms with Crippen LogP contribution in [0.5, 0.6) is 0 Å². The molecule has 0 aromatic carbocycles. The van der Waals surface area contributed by atoms with Crippen LogP contribution in [0.4, 0.5) is 0 Å². The van der Waals surface area contributed by atoms with E-state index in [2.05, 4.69) is 12.2 Å². The Bertz CT molecular complexity index is 183. The minimum absolute atomic E-state index is 0.327. The zero-order valence-corrected chi connectivity index (χ0v) is 9.90. The van der Waals surface area contributed by atoms with E-state index in [1.807, 2.05) is 11.2 Å². The molecule has 1 fully saturated rings. The first-order valence-corrected chi connectivity index (χ1v) is 6.68. The van der Waals surface area contributed by atoms with E-state index in [1.165, 1.54) is 0 Å². The predicted molar refractivity (Wildman–Crippen MR) is 61.7 cm³/mol. The highest BCUT2D eigenvalue weighted by Gasteiger charge is 2.27. The smallest absolute Gasteiger partial charge is 0.223 e. The SMILES string of the molecule is CCCN(C(=O)CCSC)C1CNC1. The van der Waals surface area contributed by atoms with Crippen molar-refractivity contribution in [2.24, 2.45) is 0 Å². The molecular formula is C10H20N2OS. The van der Waals surface area contributed by atoms with E-state index in [0.29, 0.717) is 18.4 Å². The summed E-state index contributed by atoms with van der Waals surface area (Å²) in [6.07, 6.45) is 3.79. The van der Waals surface area contributed by atoms with Crippen LogP contribution in [0.25, 0.3) is 0 Å². The molecule has 82 valence electrons. The van der Waals surface area contributed by atoms with Crippen LogP contribution in [0, 0.1) is 0 Å². The minimum Gasteiger partial charge on any atom is -0.337 e. The number of hydrogen-bond donors (Lipinski definition) is 1. The van der Waals surface area contributed by atoms with Gasteiger partial charge in [0.15, 0.2) is 0 Å². The fourth-order valence-electron chi connectivity index (χ4n) is 1.58. The van der Waals surface area contributed by atoms with Crippen molar-refractivity contribution in [2.75, 3.05) is 31.6 Å². The molecule has 1 aliphatic rings. The molecule has 1 heterocycles. The molecule has 0 atom stereocenters. The van der Waals surface area contributed by atoms with Crippen LogP contribution in [-0.4, -0.2) is 48.5 Å². The van der Waals surface area contributed by atoms with Crippen molar-refractivity contribution in [3.8, 4) is 0 Å². The summed E-state index contributed by atoms with van der Waals surface area (Å²) in [5, 5.41) is 3.21. The second-order valence-electron chi connectivity index (χ2n) is 3.64. The third kappa shape index (κ3) is 3.17. The highest BCUT2D eigenvalue weighted by molar-refractivity contribution is 7.98. The van der Waals surface area contributed by atoms with Crippen molar-refractivity contribution >= 4 is 17.7 Å². The summed E-state index contributed by atoms with van der Waals surface area (Å²) in [6, 6.07) is 0.462. The molecule has 0 aromatic rings. The lowest BCUT2D eigenvalue weighted by Gasteiger charge is -2.38. The largest absolute Gasteiger partial charge is 0.337 e. The molecule has 1 rings (SSSR count). The third-order valence-electron chi connectivity index (χ3n) is 2.51. The van der Waals surface area contributed by atoms with Crippen LogP contribution in [0.1, 0.15) is 19.8 Å². The Kier molecular flexibility index (Phi) is 5.33. The van der Waals surface area contributed by atoms with Gasteiger partial charge >= 0.3 is 0 Å². The second-order valence-corrected chi connectivity index (χ2v) is 4.63. The van der Waals surface area contributed by atoms with Gasteiger partial charge in [-0.15, -0.1) is 0 Å². The van der Waals surface area contributed by atoms with Crippen LogP contribution < -0.4 is 5.32 Å². The molecule has 4 heteroatoms. The third-order valence-corrected chi connectivity index (χ3v) is 3.12. The van der Waals surface area contributed by atoms with Crippen molar-refractivity contribution < 1.29 is 4.79 Å². The summed E-state index contributed by atoms with van der Waals surface area (Å²) < 4.78 is 0. The van der Waals surface area contributed by atoms with Crippen LogP contribution >= 0.6 is 11.8 Å². The molecule has 1 N–H and O–H groups in total. The number of carbonyl (C=O) groups is 1. The molecule has 1 saturated heterocycles. The maximum atomic E-state index is 11.8. The van der Waals surface area contributed by atoms with Gasteiger partial charge in [-0.05, 0) is 12.7 Å². The van der Waals surface area contributed by atoms with Gasteiger partial charge in [0.25, 0.3) is 0 Å². The molecule has 0 aromatic heterocycles. The molecule has 14 heavy (non-hydrogen) atoms. The number of nitrogens with zero attached hydrogens (tertiary/aromatic N) is 1. The van der Waals surface area contributed by atoms with Crippen LogP contribution in [-0.2, 0) is 4.79 Å². The van der Waals surface area contributed by atoms with E-state index in [0.717, 1.165) is 31.8 Å². The van der Waals surface area contributed by atoms with Crippen molar-refractivity contribution in [1.29, 1.82) is 0 Å². The molecule has 0 saturated carbocycles. The molecule has 0 unspecified atom stereocenters. The summed E-state index contributed by atoms with van der Waals surface area (Å²) in [5.41, 5.74) is 0. The molecular weight excluding hydrogens is 196 g/mol. The summed E-state index contributed by atoms with van der Waals surface area (Å²) in [4.78, 5) is 13.9. The normalized spacial score (nSPS) is 16.4. The van der Waals surface area contributed by atoms with E-state index in [4.69, 9.17) is 0 Å². The summed E-state index contributed by atoms with van der Waals surface area (Å²) in [5.74, 6) is 1.27. The van der Waals surface area contributed by atoms with E-state index >= 15 is 0 Å². The summed E-state index contributed by atoms with van der Waals surface area (Å²) in [6.45, 7) is 5.00. The van der Waals surface area contributed by atoms with Gasteiger partial charge in [0, 0.05) is 31.8 Å². The number of hydrogen-bond acceptors (Lipinski definition) is 3. The first kappa shape index (κ1) is 11.9. The first-order valence-electron chi connectivity index (χ1n) is 5.28. The zero-order chi connectivity index (χ0) is 10.4. The molecule has 0 bridgehead atoms. The predicted octanol–water partition coefficient (Wildman–Crippen LogP) is 0.950. The molecule has 0 spiro atoms. The highest BCUT2D eigenvalue weighted by atomic mass is 32.2. The molecule has 0 radical (unpaired) electrons. The van der Waals surface area contributed by atoms with Crippen molar-refractivity contribution in [2.45, 2.75) is 25.8 Å². The average Bonchev–Trinajstić information content (AvgIpc) is 2.10. The van der Waals surface area contributed by atoms with Crippen LogP contribution in [0.3, 0.4) is 0 Å². The molecule has 3 nitrogen and oxygen atoms in total. The Labute approximate surface area is 90.6 Å². The van der Waals surface area contributed by atoms with Gasteiger partial charge in [0.05, 0.1) is 6.04 Å². The summed E-state index contributed by atoms with van der Waals surface area (Å²) in [7, 11) is 0. The fraction of sp³-hybridized carbons (Fsp3) is 0.900. The van der Waals surface area contributed by atoms with Crippen molar-refractivity contribution in [3.63, 3.8) is 0 Å². The van der Waals surface area contributed by atoms with Gasteiger partial charge in [-0.2, -0.15) is 11.8 Å². The Balaban J connectivity index is 2.35. The van der Waals surface area contributed by atoms with Crippen molar-refractivity contribution in [1.82, 2.24) is 10.2 Å². The van der Waals surface area contributed by atoms with Gasteiger partial charge in [0.1, 0.15) is 0 Å². The van der Waals surface area contributed by atoms with Crippen LogP contribution in [0.2, 0.25) is 0 Å². The molecule has 1 aliphatic heterocycles. The standard InChI is InChI=1S/C10H20N2OS/c1-3-5-12(9-7-11-8-9)10(13)4-6-14-2/h9,11H,3-8H2,1-2H3. The lowest BCUT2D eigenvalue weighted by atomic mass is 10.1.